The zero-order valence-electron chi connectivity index (χ0n) is 11.2. The molecule has 0 fully saturated rings. The second kappa shape index (κ2) is 6.09. The molecule has 1 heterocycles. The maximum atomic E-state index is 11.9. The summed E-state index contributed by atoms with van der Waals surface area (Å²) in [5, 5.41) is 2.87. The number of hydrogen-bond donors (Lipinski definition) is 1. The number of nitrogens with zero attached hydrogens (tertiary/aromatic N) is 1. The van der Waals surface area contributed by atoms with Gasteiger partial charge in [0.25, 0.3) is 5.91 Å². The number of hydrogen-bond acceptors (Lipinski definition) is 3. The zero-order valence-corrected chi connectivity index (χ0v) is 11.2. The molecule has 1 aromatic carbocycles. The van der Waals surface area contributed by atoms with E-state index >= 15 is 0 Å². The standard InChI is InChI=1S/C15H18N2O2/c1-17(2)13-7-5-12(6-8-13)15(18)16-10-9-14-4-3-11-19-14/h3-8,11H,9-10H2,1-2H3,(H,16,18). The van der Waals surface area contributed by atoms with E-state index in [-0.39, 0.29) is 5.91 Å². The van der Waals surface area contributed by atoms with Gasteiger partial charge in [0.2, 0.25) is 0 Å². The molecule has 0 aliphatic carbocycles. The maximum absolute atomic E-state index is 11.9. The molecule has 0 saturated carbocycles. The van der Waals surface area contributed by atoms with Crippen molar-refractivity contribution in [2.75, 3.05) is 25.5 Å². The molecule has 2 aromatic rings. The highest BCUT2D eigenvalue weighted by atomic mass is 16.3. The lowest BCUT2D eigenvalue weighted by molar-refractivity contribution is 0.0953. The molecule has 0 unspecified atom stereocenters. The van der Waals surface area contributed by atoms with Crippen LogP contribution in [0.5, 0.6) is 0 Å². The summed E-state index contributed by atoms with van der Waals surface area (Å²) in [7, 11) is 3.94. The Balaban J connectivity index is 1.85. The van der Waals surface area contributed by atoms with Crippen molar-refractivity contribution in [3.05, 3.63) is 54.0 Å². The topological polar surface area (TPSA) is 45.5 Å². The van der Waals surface area contributed by atoms with Crippen molar-refractivity contribution in [1.29, 1.82) is 0 Å². The van der Waals surface area contributed by atoms with Gasteiger partial charge in [-0.1, -0.05) is 0 Å². The average molecular weight is 258 g/mol. The van der Waals surface area contributed by atoms with Crippen LogP contribution >= 0.6 is 0 Å². The zero-order chi connectivity index (χ0) is 13.7. The highest BCUT2D eigenvalue weighted by Gasteiger charge is 2.05. The third-order valence-corrected chi connectivity index (χ3v) is 2.88. The van der Waals surface area contributed by atoms with Crippen LogP contribution in [-0.2, 0) is 6.42 Å². The minimum absolute atomic E-state index is 0.0585. The van der Waals surface area contributed by atoms with Crippen molar-refractivity contribution < 1.29 is 9.21 Å². The summed E-state index contributed by atoms with van der Waals surface area (Å²) >= 11 is 0. The third kappa shape index (κ3) is 3.61. The Morgan fingerprint density at radius 3 is 2.53 bits per heavy atom. The normalized spacial score (nSPS) is 10.2. The maximum Gasteiger partial charge on any atom is 0.251 e. The number of nitrogens with one attached hydrogen (secondary N) is 1. The van der Waals surface area contributed by atoms with E-state index in [0.717, 1.165) is 11.4 Å². The van der Waals surface area contributed by atoms with E-state index in [0.29, 0.717) is 18.5 Å². The number of amides is 1. The molecule has 2 rings (SSSR count). The quantitative estimate of drug-likeness (QED) is 0.895. The Morgan fingerprint density at radius 2 is 1.95 bits per heavy atom. The molecular weight excluding hydrogens is 240 g/mol. The molecule has 0 atom stereocenters. The van der Waals surface area contributed by atoms with Crippen LogP contribution in [-0.4, -0.2) is 26.5 Å². The summed E-state index contributed by atoms with van der Waals surface area (Å²) in [5.41, 5.74) is 1.75. The van der Waals surface area contributed by atoms with Crippen LogP contribution in [0.2, 0.25) is 0 Å². The predicted octanol–water partition coefficient (Wildman–Crippen LogP) is 2.32. The van der Waals surface area contributed by atoms with Crippen molar-refractivity contribution in [3.63, 3.8) is 0 Å². The lowest BCUT2D eigenvalue weighted by Gasteiger charge is -2.12. The van der Waals surface area contributed by atoms with Gasteiger partial charge in [0.1, 0.15) is 5.76 Å². The molecule has 1 aromatic heterocycles. The van der Waals surface area contributed by atoms with Crippen LogP contribution in [0.1, 0.15) is 16.1 Å². The molecule has 0 aliphatic rings. The molecule has 4 heteroatoms. The second-order valence-corrected chi connectivity index (χ2v) is 4.53. The summed E-state index contributed by atoms with van der Waals surface area (Å²) in [4.78, 5) is 13.9. The number of carbonyl (C=O) groups is 1. The molecule has 19 heavy (non-hydrogen) atoms. The van der Waals surface area contributed by atoms with E-state index in [1.165, 1.54) is 0 Å². The van der Waals surface area contributed by atoms with Crippen LogP contribution < -0.4 is 10.2 Å². The minimum atomic E-state index is -0.0585. The fraction of sp³-hybridized carbons (Fsp3) is 0.267. The van der Waals surface area contributed by atoms with Gasteiger partial charge in [-0.3, -0.25) is 4.79 Å². The molecule has 0 bridgehead atoms. The van der Waals surface area contributed by atoms with Gasteiger partial charge in [0.15, 0.2) is 0 Å². The lowest BCUT2D eigenvalue weighted by atomic mass is 10.2. The molecule has 0 spiro atoms. The summed E-state index contributed by atoms with van der Waals surface area (Å²) in [6.45, 7) is 0.571. The summed E-state index contributed by atoms with van der Waals surface area (Å²) in [6.07, 6.45) is 2.34. The number of benzene rings is 1. The van der Waals surface area contributed by atoms with Crippen LogP contribution in [0.4, 0.5) is 5.69 Å². The van der Waals surface area contributed by atoms with Gasteiger partial charge in [-0.25, -0.2) is 0 Å². The molecule has 100 valence electrons. The average Bonchev–Trinajstić information content (AvgIpc) is 2.92. The van der Waals surface area contributed by atoms with Gasteiger partial charge in [0, 0.05) is 38.3 Å². The molecule has 1 amide bonds. The molecule has 0 aliphatic heterocycles. The van der Waals surface area contributed by atoms with E-state index < -0.39 is 0 Å². The fourth-order valence-corrected chi connectivity index (χ4v) is 1.77. The van der Waals surface area contributed by atoms with Crippen molar-refractivity contribution in [1.82, 2.24) is 5.32 Å². The van der Waals surface area contributed by atoms with Crippen molar-refractivity contribution in [2.24, 2.45) is 0 Å². The number of carbonyl (C=O) groups excluding carboxylic acids is 1. The van der Waals surface area contributed by atoms with Crippen molar-refractivity contribution in [3.8, 4) is 0 Å². The SMILES string of the molecule is CN(C)c1ccc(C(=O)NCCc2ccco2)cc1. The van der Waals surface area contributed by atoms with E-state index in [1.54, 1.807) is 6.26 Å². The largest absolute Gasteiger partial charge is 0.469 e. The molecular formula is C15H18N2O2. The van der Waals surface area contributed by atoms with Gasteiger partial charge in [0.05, 0.1) is 6.26 Å². The van der Waals surface area contributed by atoms with Gasteiger partial charge in [-0.05, 0) is 36.4 Å². The Bertz CT molecular complexity index is 516. The Kier molecular flexibility index (Phi) is 4.23. The van der Waals surface area contributed by atoms with E-state index in [1.807, 2.05) is 55.4 Å². The predicted molar refractivity (Wildman–Crippen MR) is 75.5 cm³/mol. The Morgan fingerprint density at radius 1 is 1.21 bits per heavy atom. The third-order valence-electron chi connectivity index (χ3n) is 2.88. The first kappa shape index (κ1) is 13.2. The minimum Gasteiger partial charge on any atom is -0.469 e. The molecule has 1 N–H and O–H groups in total. The number of rotatable bonds is 5. The molecule has 4 nitrogen and oxygen atoms in total. The van der Waals surface area contributed by atoms with Crippen LogP contribution in [0.15, 0.2) is 47.1 Å². The van der Waals surface area contributed by atoms with Crippen molar-refractivity contribution in [2.45, 2.75) is 6.42 Å². The Hall–Kier alpha value is -2.23. The van der Waals surface area contributed by atoms with Crippen LogP contribution in [0, 0.1) is 0 Å². The smallest absolute Gasteiger partial charge is 0.251 e. The number of anilines is 1. The summed E-state index contributed by atoms with van der Waals surface area (Å²) in [5.74, 6) is 0.820. The summed E-state index contributed by atoms with van der Waals surface area (Å²) in [6, 6.07) is 11.3. The first-order valence-electron chi connectivity index (χ1n) is 6.25. The highest BCUT2D eigenvalue weighted by molar-refractivity contribution is 5.94. The molecule has 0 saturated heterocycles. The highest BCUT2D eigenvalue weighted by Crippen LogP contribution is 2.12. The van der Waals surface area contributed by atoms with Gasteiger partial charge < -0.3 is 14.6 Å². The van der Waals surface area contributed by atoms with Crippen LogP contribution in [0.3, 0.4) is 0 Å². The van der Waals surface area contributed by atoms with Gasteiger partial charge >= 0.3 is 0 Å². The number of furan rings is 1. The first-order valence-corrected chi connectivity index (χ1v) is 6.25. The van der Waals surface area contributed by atoms with Gasteiger partial charge in [-0.15, -0.1) is 0 Å². The first-order chi connectivity index (χ1) is 9.16. The van der Waals surface area contributed by atoms with E-state index in [9.17, 15) is 4.79 Å². The van der Waals surface area contributed by atoms with E-state index in [2.05, 4.69) is 5.32 Å². The van der Waals surface area contributed by atoms with Crippen LogP contribution in [0.25, 0.3) is 0 Å². The Labute approximate surface area is 113 Å². The van der Waals surface area contributed by atoms with E-state index in [4.69, 9.17) is 4.42 Å². The lowest BCUT2D eigenvalue weighted by Crippen LogP contribution is -2.25. The summed E-state index contributed by atoms with van der Waals surface area (Å²) < 4.78 is 5.21. The van der Waals surface area contributed by atoms with Gasteiger partial charge in [-0.2, -0.15) is 0 Å². The van der Waals surface area contributed by atoms with Crippen molar-refractivity contribution >= 4 is 11.6 Å². The second-order valence-electron chi connectivity index (χ2n) is 4.53. The monoisotopic (exact) mass is 258 g/mol. The molecule has 0 radical (unpaired) electrons. The fourth-order valence-electron chi connectivity index (χ4n) is 1.77.